The Balaban J connectivity index is 1.70. The topological polar surface area (TPSA) is 73.2 Å². The van der Waals surface area contributed by atoms with Crippen molar-refractivity contribution in [1.29, 1.82) is 0 Å². The summed E-state index contributed by atoms with van der Waals surface area (Å²) in [6.07, 6.45) is 1.89. The number of rotatable bonds is 7. The van der Waals surface area contributed by atoms with Crippen LogP contribution >= 0.6 is 11.3 Å². The highest BCUT2D eigenvalue weighted by Gasteiger charge is 2.14. The normalized spacial score (nSPS) is 10.6. The highest BCUT2D eigenvalue weighted by Crippen LogP contribution is 2.18. The van der Waals surface area contributed by atoms with Crippen LogP contribution in [0.15, 0.2) is 17.5 Å². The number of thiophene rings is 1. The third-order valence-electron chi connectivity index (χ3n) is 3.52. The second-order valence-electron chi connectivity index (χ2n) is 5.31. The summed E-state index contributed by atoms with van der Waals surface area (Å²) in [6.45, 7) is 3.41. The van der Waals surface area contributed by atoms with Gasteiger partial charge < -0.3 is 10.1 Å². The van der Waals surface area contributed by atoms with Crippen molar-refractivity contribution in [2.75, 3.05) is 11.9 Å². The van der Waals surface area contributed by atoms with E-state index in [1.54, 1.807) is 16.0 Å². The molecule has 2 rings (SSSR count). The van der Waals surface area contributed by atoms with Crippen LogP contribution in [0.3, 0.4) is 0 Å². The first kappa shape index (κ1) is 17.2. The van der Waals surface area contributed by atoms with Gasteiger partial charge in [-0.2, -0.15) is 5.10 Å². The minimum atomic E-state index is -0.351. The van der Waals surface area contributed by atoms with Crippen molar-refractivity contribution in [3.05, 3.63) is 33.8 Å². The minimum Gasteiger partial charge on any atom is -0.456 e. The van der Waals surface area contributed by atoms with Crippen molar-refractivity contribution >= 4 is 28.9 Å². The molecule has 0 fully saturated rings. The molecule has 0 aliphatic heterocycles. The molecule has 0 spiro atoms. The molecule has 2 aromatic rings. The Morgan fingerprint density at radius 3 is 2.78 bits per heavy atom. The summed E-state index contributed by atoms with van der Waals surface area (Å²) in [5, 5.41) is 8.97. The van der Waals surface area contributed by atoms with Crippen molar-refractivity contribution < 1.29 is 14.3 Å². The number of carbonyl (C=O) groups excluding carboxylic acids is 2. The lowest BCUT2D eigenvalue weighted by atomic mass is 10.2. The summed E-state index contributed by atoms with van der Waals surface area (Å²) in [5.41, 5.74) is 2.27. The third-order valence-corrected chi connectivity index (χ3v) is 4.46. The van der Waals surface area contributed by atoms with Gasteiger partial charge in [-0.1, -0.05) is 6.07 Å². The summed E-state index contributed by atoms with van der Waals surface area (Å²) in [6, 6.07) is 4.03. The van der Waals surface area contributed by atoms with Crippen LogP contribution in [-0.2, 0) is 27.8 Å². The number of anilines is 1. The van der Waals surface area contributed by atoms with Gasteiger partial charge in [0.1, 0.15) is 0 Å². The number of aromatic nitrogens is 2. The van der Waals surface area contributed by atoms with Crippen molar-refractivity contribution in [3.63, 3.8) is 0 Å². The Hall–Kier alpha value is -2.15. The fourth-order valence-corrected chi connectivity index (χ4v) is 2.96. The molecule has 0 radical (unpaired) electrons. The van der Waals surface area contributed by atoms with Gasteiger partial charge in [-0.25, -0.2) is 0 Å². The Morgan fingerprint density at radius 1 is 1.39 bits per heavy atom. The van der Waals surface area contributed by atoms with Crippen LogP contribution in [0.1, 0.15) is 29.1 Å². The minimum absolute atomic E-state index is 0.272. The van der Waals surface area contributed by atoms with Gasteiger partial charge in [0.05, 0.1) is 17.1 Å². The average Bonchev–Trinajstić information content (AvgIpc) is 3.10. The highest BCUT2D eigenvalue weighted by atomic mass is 32.1. The van der Waals surface area contributed by atoms with E-state index in [-0.39, 0.29) is 18.5 Å². The van der Waals surface area contributed by atoms with Crippen LogP contribution in [0.2, 0.25) is 0 Å². The molecule has 0 unspecified atom stereocenters. The number of hydrogen-bond acceptors (Lipinski definition) is 5. The van der Waals surface area contributed by atoms with Gasteiger partial charge in [-0.15, -0.1) is 11.3 Å². The first-order valence-corrected chi connectivity index (χ1v) is 8.33. The molecule has 1 amide bonds. The highest BCUT2D eigenvalue weighted by molar-refractivity contribution is 7.09. The standard InChI is InChI=1S/C16H21N3O3S/c1-11-16(12(2)19(3)18-11)17-14(20)10-22-15(21)8-4-6-13-7-5-9-23-13/h5,7,9H,4,6,8,10H2,1-3H3,(H,17,20). The number of carbonyl (C=O) groups is 2. The van der Waals surface area contributed by atoms with Crippen LogP contribution < -0.4 is 5.32 Å². The van der Waals surface area contributed by atoms with E-state index in [0.717, 1.165) is 24.2 Å². The Kier molecular flexibility index (Phi) is 5.92. The lowest BCUT2D eigenvalue weighted by Crippen LogP contribution is -2.21. The molecule has 0 saturated carbocycles. The lowest BCUT2D eigenvalue weighted by Gasteiger charge is -2.07. The van der Waals surface area contributed by atoms with E-state index in [1.807, 2.05) is 38.4 Å². The molecule has 124 valence electrons. The predicted molar refractivity (Wildman–Crippen MR) is 89.5 cm³/mol. The number of hydrogen-bond donors (Lipinski definition) is 1. The van der Waals surface area contributed by atoms with Gasteiger partial charge in [0, 0.05) is 18.3 Å². The van der Waals surface area contributed by atoms with Crippen LogP contribution in [-0.4, -0.2) is 28.3 Å². The van der Waals surface area contributed by atoms with E-state index in [2.05, 4.69) is 10.4 Å². The molecule has 7 heteroatoms. The van der Waals surface area contributed by atoms with E-state index in [9.17, 15) is 9.59 Å². The Bertz CT molecular complexity index is 677. The van der Waals surface area contributed by atoms with Crippen molar-refractivity contribution in [3.8, 4) is 0 Å². The largest absolute Gasteiger partial charge is 0.456 e. The second-order valence-corrected chi connectivity index (χ2v) is 6.34. The Labute approximate surface area is 139 Å². The predicted octanol–water partition coefficient (Wildman–Crippen LogP) is 2.60. The van der Waals surface area contributed by atoms with E-state index in [0.29, 0.717) is 12.1 Å². The molecule has 0 aliphatic rings. The number of ether oxygens (including phenoxy) is 1. The molecule has 23 heavy (non-hydrogen) atoms. The van der Waals surface area contributed by atoms with Crippen molar-refractivity contribution in [1.82, 2.24) is 9.78 Å². The van der Waals surface area contributed by atoms with E-state index in [1.165, 1.54) is 4.88 Å². The van der Waals surface area contributed by atoms with Crippen LogP contribution in [0.25, 0.3) is 0 Å². The molecular weight excluding hydrogens is 314 g/mol. The number of nitrogens with one attached hydrogen (secondary N) is 1. The summed E-state index contributed by atoms with van der Waals surface area (Å²) >= 11 is 1.67. The van der Waals surface area contributed by atoms with Gasteiger partial charge in [0.15, 0.2) is 6.61 Å². The van der Waals surface area contributed by atoms with Crippen LogP contribution in [0.4, 0.5) is 5.69 Å². The zero-order chi connectivity index (χ0) is 16.8. The van der Waals surface area contributed by atoms with Crippen LogP contribution in [0, 0.1) is 13.8 Å². The fraction of sp³-hybridized carbons (Fsp3) is 0.438. The zero-order valence-corrected chi connectivity index (χ0v) is 14.4. The SMILES string of the molecule is Cc1nn(C)c(C)c1NC(=O)COC(=O)CCCc1cccs1. The number of amides is 1. The van der Waals surface area contributed by atoms with Gasteiger partial charge in [-0.05, 0) is 38.1 Å². The summed E-state index contributed by atoms with van der Waals surface area (Å²) in [4.78, 5) is 24.8. The molecule has 2 heterocycles. The molecule has 0 atom stereocenters. The molecule has 1 N–H and O–H groups in total. The quantitative estimate of drug-likeness (QED) is 0.789. The second kappa shape index (κ2) is 7.92. The monoisotopic (exact) mass is 335 g/mol. The molecule has 0 aliphatic carbocycles. The summed E-state index contributed by atoms with van der Waals surface area (Å²) in [7, 11) is 1.81. The van der Waals surface area contributed by atoms with Gasteiger partial charge in [0.2, 0.25) is 0 Å². The van der Waals surface area contributed by atoms with Gasteiger partial charge in [0.25, 0.3) is 5.91 Å². The average molecular weight is 335 g/mol. The first-order chi connectivity index (χ1) is 11.0. The molecular formula is C16H21N3O3S. The third kappa shape index (κ3) is 4.92. The zero-order valence-electron chi connectivity index (χ0n) is 13.6. The molecule has 2 aromatic heterocycles. The number of esters is 1. The summed E-state index contributed by atoms with van der Waals surface area (Å²) in [5.74, 6) is -0.702. The lowest BCUT2D eigenvalue weighted by molar-refractivity contribution is -0.147. The molecule has 0 bridgehead atoms. The smallest absolute Gasteiger partial charge is 0.306 e. The van der Waals surface area contributed by atoms with Gasteiger partial charge in [-0.3, -0.25) is 14.3 Å². The van der Waals surface area contributed by atoms with E-state index in [4.69, 9.17) is 4.74 Å². The first-order valence-electron chi connectivity index (χ1n) is 7.45. The molecule has 0 aromatic carbocycles. The van der Waals surface area contributed by atoms with Crippen molar-refractivity contribution in [2.45, 2.75) is 33.1 Å². The number of nitrogens with zero attached hydrogens (tertiary/aromatic N) is 2. The van der Waals surface area contributed by atoms with Crippen molar-refractivity contribution in [2.24, 2.45) is 7.05 Å². The maximum atomic E-state index is 11.9. The van der Waals surface area contributed by atoms with E-state index >= 15 is 0 Å². The number of aryl methyl sites for hydroxylation is 3. The van der Waals surface area contributed by atoms with Gasteiger partial charge >= 0.3 is 5.97 Å². The maximum Gasteiger partial charge on any atom is 0.306 e. The Morgan fingerprint density at radius 2 is 2.17 bits per heavy atom. The van der Waals surface area contributed by atoms with E-state index < -0.39 is 0 Å². The summed E-state index contributed by atoms with van der Waals surface area (Å²) < 4.78 is 6.70. The molecule has 0 saturated heterocycles. The van der Waals surface area contributed by atoms with Crippen LogP contribution in [0.5, 0.6) is 0 Å². The fourth-order valence-electron chi connectivity index (χ4n) is 2.21. The molecule has 6 nitrogen and oxygen atoms in total. The maximum absolute atomic E-state index is 11.9.